The van der Waals surface area contributed by atoms with Gasteiger partial charge in [-0.25, -0.2) is 0 Å². The molecule has 186 valence electrons. The first kappa shape index (κ1) is 22.9. The van der Waals surface area contributed by atoms with E-state index in [0.29, 0.717) is 0 Å². The fraction of sp³-hybridized carbons (Fsp3) is 0.0286. The van der Waals surface area contributed by atoms with Crippen LogP contribution >= 0.6 is 0 Å². The lowest BCUT2D eigenvalue weighted by Gasteiger charge is -2.34. The molecular formula is C35H24N2O2. The zero-order valence-corrected chi connectivity index (χ0v) is 21.0. The van der Waals surface area contributed by atoms with Crippen LogP contribution in [0.1, 0.15) is 22.3 Å². The van der Waals surface area contributed by atoms with Crippen LogP contribution in [0, 0.1) is 0 Å². The zero-order valence-electron chi connectivity index (χ0n) is 21.0. The summed E-state index contributed by atoms with van der Waals surface area (Å²) in [5.41, 5.74) is 8.21. The number of phenols is 2. The number of fused-ring (bicyclic) bond motifs is 3. The quantitative estimate of drug-likeness (QED) is 0.259. The molecule has 0 atom stereocenters. The zero-order chi connectivity index (χ0) is 26.4. The number of aromatic hydroxyl groups is 2. The van der Waals surface area contributed by atoms with Crippen LogP contribution in [-0.4, -0.2) is 20.2 Å². The summed E-state index contributed by atoms with van der Waals surface area (Å²) >= 11 is 0. The summed E-state index contributed by atoms with van der Waals surface area (Å²) in [6, 6.07) is 39.6. The lowest BCUT2D eigenvalue weighted by molar-refractivity contribution is 0.477. The highest BCUT2D eigenvalue weighted by molar-refractivity contribution is 5.84. The van der Waals surface area contributed by atoms with E-state index in [1.165, 1.54) is 0 Å². The van der Waals surface area contributed by atoms with E-state index in [2.05, 4.69) is 24.3 Å². The van der Waals surface area contributed by atoms with E-state index in [-0.39, 0.29) is 11.5 Å². The Balaban J connectivity index is 1.59. The van der Waals surface area contributed by atoms with Gasteiger partial charge in [0.1, 0.15) is 11.5 Å². The third kappa shape index (κ3) is 3.46. The molecule has 0 bridgehead atoms. The molecule has 0 amide bonds. The van der Waals surface area contributed by atoms with Crippen molar-refractivity contribution in [3.05, 3.63) is 156 Å². The van der Waals surface area contributed by atoms with Crippen molar-refractivity contribution in [2.45, 2.75) is 5.41 Å². The highest BCUT2D eigenvalue weighted by Gasteiger charge is 2.48. The van der Waals surface area contributed by atoms with Crippen LogP contribution in [0.3, 0.4) is 0 Å². The maximum atomic E-state index is 10.9. The first-order valence-electron chi connectivity index (χ1n) is 12.9. The Morgan fingerprint density at radius 2 is 0.897 bits per heavy atom. The Labute approximate surface area is 226 Å². The number of hydrogen-bond acceptors (Lipinski definition) is 4. The van der Waals surface area contributed by atoms with Gasteiger partial charge in [0.2, 0.25) is 0 Å². The van der Waals surface area contributed by atoms with Gasteiger partial charge < -0.3 is 10.2 Å². The number of pyridine rings is 2. The molecule has 4 heteroatoms. The van der Waals surface area contributed by atoms with E-state index in [1.807, 2.05) is 84.9 Å². The van der Waals surface area contributed by atoms with Gasteiger partial charge in [-0.1, -0.05) is 84.9 Å². The maximum Gasteiger partial charge on any atom is 0.123 e. The van der Waals surface area contributed by atoms with Crippen LogP contribution in [0.2, 0.25) is 0 Å². The fourth-order valence-electron chi connectivity index (χ4n) is 5.96. The van der Waals surface area contributed by atoms with Gasteiger partial charge in [-0.05, 0) is 69.8 Å². The van der Waals surface area contributed by atoms with Crippen LogP contribution in [-0.2, 0) is 5.41 Å². The predicted molar refractivity (Wildman–Crippen MR) is 154 cm³/mol. The molecular weight excluding hydrogens is 480 g/mol. The topological polar surface area (TPSA) is 66.2 Å². The molecule has 1 aliphatic rings. The van der Waals surface area contributed by atoms with Crippen molar-refractivity contribution in [3.8, 4) is 45.1 Å². The van der Waals surface area contributed by atoms with Gasteiger partial charge in [0.05, 0.1) is 16.8 Å². The highest BCUT2D eigenvalue weighted by Crippen LogP contribution is 2.56. The molecule has 0 fully saturated rings. The standard InChI is InChI=1S/C35H24N2O2/c38-31-17-15-25(21-27(31)23-9-3-1-4-10-23)35(26-16-18-32(39)28(22-26)24-11-5-2-6-12-24)29-13-7-19-36-33(29)34-30(35)14-8-20-37-34/h1-22,38-39H. The second-order valence-corrected chi connectivity index (χ2v) is 9.75. The monoisotopic (exact) mass is 504 g/mol. The summed E-state index contributed by atoms with van der Waals surface area (Å²) < 4.78 is 0. The van der Waals surface area contributed by atoms with Gasteiger partial charge in [0.15, 0.2) is 0 Å². The van der Waals surface area contributed by atoms with E-state index in [0.717, 1.165) is 55.9 Å². The average molecular weight is 505 g/mol. The SMILES string of the molecule is Oc1ccc(C2(c3ccc(O)c(-c4ccccc4)c3)c3cccnc3-c3ncccc32)cc1-c1ccccc1. The van der Waals surface area contributed by atoms with Crippen molar-refractivity contribution in [2.24, 2.45) is 0 Å². The molecule has 0 spiro atoms. The van der Waals surface area contributed by atoms with Gasteiger partial charge in [0, 0.05) is 23.5 Å². The van der Waals surface area contributed by atoms with Crippen LogP contribution < -0.4 is 0 Å². The Morgan fingerprint density at radius 3 is 1.33 bits per heavy atom. The van der Waals surface area contributed by atoms with E-state index in [1.54, 1.807) is 24.5 Å². The van der Waals surface area contributed by atoms with Crippen molar-refractivity contribution in [2.75, 3.05) is 0 Å². The molecule has 0 saturated heterocycles. The Bertz CT molecular complexity index is 1700. The van der Waals surface area contributed by atoms with Crippen LogP contribution in [0.25, 0.3) is 33.6 Å². The number of phenolic OH excluding ortho intramolecular Hbond substituents is 2. The molecule has 6 aromatic rings. The van der Waals surface area contributed by atoms with Gasteiger partial charge in [-0.2, -0.15) is 0 Å². The summed E-state index contributed by atoms with van der Waals surface area (Å²) in [7, 11) is 0. The minimum absolute atomic E-state index is 0.214. The largest absolute Gasteiger partial charge is 0.507 e. The summed E-state index contributed by atoms with van der Waals surface area (Å²) in [6.07, 6.45) is 3.59. The Morgan fingerprint density at radius 1 is 0.462 bits per heavy atom. The number of rotatable bonds is 4. The number of benzene rings is 4. The predicted octanol–water partition coefficient (Wildman–Crippen LogP) is 7.58. The molecule has 2 N–H and O–H groups in total. The number of nitrogens with zero attached hydrogens (tertiary/aromatic N) is 2. The third-order valence-electron chi connectivity index (χ3n) is 7.68. The summed E-state index contributed by atoms with van der Waals surface area (Å²) in [4.78, 5) is 9.56. The lowest BCUT2D eigenvalue weighted by atomic mass is 9.67. The Hall–Kier alpha value is -5.22. The van der Waals surface area contributed by atoms with Crippen molar-refractivity contribution >= 4 is 0 Å². The van der Waals surface area contributed by atoms with E-state index in [4.69, 9.17) is 9.97 Å². The van der Waals surface area contributed by atoms with Gasteiger partial charge >= 0.3 is 0 Å². The molecule has 0 unspecified atom stereocenters. The minimum Gasteiger partial charge on any atom is -0.507 e. The Kier molecular flexibility index (Phi) is 5.27. The van der Waals surface area contributed by atoms with E-state index in [9.17, 15) is 10.2 Å². The minimum atomic E-state index is -0.776. The number of hydrogen-bond donors (Lipinski definition) is 2. The lowest BCUT2D eigenvalue weighted by Crippen LogP contribution is -2.29. The summed E-state index contributed by atoms with van der Waals surface area (Å²) in [5, 5.41) is 21.9. The second kappa shape index (κ2) is 8.96. The van der Waals surface area contributed by atoms with Gasteiger partial charge in [0.25, 0.3) is 0 Å². The van der Waals surface area contributed by atoms with Crippen molar-refractivity contribution in [1.29, 1.82) is 0 Å². The third-order valence-corrected chi connectivity index (χ3v) is 7.68. The van der Waals surface area contributed by atoms with Crippen molar-refractivity contribution in [1.82, 2.24) is 9.97 Å². The molecule has 0 saturated carbocycles. The van der Waals surface area contributed by atoms with E-state index >= 15 is 0 Å². The first-order chi connectivity index (χ1) is 19.2. The molecule has 2 heterocycles. The summed E-state index contributed by atoms with van der Waals surface area (Å²) in [5.74, 6) is 0.429. The molecule has 4 aromatic carbocycles. The van der Waals surface area contributed by atoms with Crippen molar-refractivity contribution in [3.63, 3.8) is 0 Å². The molecule has 2 aromatic heterocycles. The molecule has 39 heavy (non-hydrogen) atoms. The van der Waals surface area contributed by atoms with Gasteiger partial charge in [-0.3, -0.25) is 9.97 Å². The highest BCUT2D eigenvalue weighted by atomic mass is 16.3. The molecule has 7 rings (SSSR count). The molecule has 0 radical (unpaired) electrons. The number of aromatic nitrogens is 2. The molecule has 0 aliphatic heterocycles. The van der Waals surface area contributed by atoms with Crippen molar-refractivity contribution < 1.29 is 10.2 Å². The van der Waals surface area contributed by atoms with Crippen LogP contribution in [0.4, 0.5) is 0 Å². The second-order valence-electron chi connectivity index (χ2n) is 9.75. The molecule has 4 nitrogen and oxygen atoms in total. The van der Waals surface area contributed by atoms with E-state index < -0.39 is 5.41 Å². The smallest absolute Gasteiger partial charge is 0.123 e. The van der Waals surface area contributed by atoms with Crippen LogP contribution in [0.5, 0.6) is 11.5 Å². The van der Waals surface area contributed by atoms with Gasteiger partial charge in [-0.15, -0.1) is 0 Å². The average Bonchev–Trinajstić information content (AvgIpc) is 3.30. The first-order valence-corrected chi connectivity index (χ1v) is 12.9. The van der Waals surface area contributed by atoms with Crippen LogP contribution in [0.15, 0.2) is 134 Å². The maximum absolute atomic E-state index is 10.9. The fourth-order valence-corrected chi connectivity index (χ4v) is 5.96. The summed E-state index contributed by atoms with van der Waals surface area (Å²) in [6.45, 7) is 0. The molecule has 1 aliphatic carbocycles. The normalized spacial score (nSPS) is 13.0.